The highest BCUT2D eigenvalue weighted by molar-refractivity contribution is 14.0. The van der Waals surface area contributed by atoms with E-state index in [0.29, 0.717) is 36.2 Å². The molecule has 1 aliphatic heterocycles. The van der Waals surface area contributed by atoms with Crippen molar-refractivity contribution < 1.29 is 21.6 Å². The summed E-state index contributed by atoms with van der Waals surface area (Å²) in [4.78, 5) is 6.56. The molecule has 1 aliphatic rings. The largest absolute Gasteiger partial charge is 0.511 e. The average Bonchev–Trinajstić information content (AvgIpc) is 2.54. The molecule has 0 unspecified atom stereocenters. The second kappa shape index (κ2) is 11.5. The number of hydrogen-bond donors (Lipinski definition) is 2. The van der Waals surface area contributed by atoms with Gasteiger partial charge in [0, 0.05) is 32.2 Å². The molecule has 0 aliphatic carbocycles. The number of aliphatic imine (C=N–C) groups is 1. The SMILES string of the molecule is CCNC(=NCCN(C)CC)NC1CCN(S(=O)(=O)C(F)(F)F)CC1.I. The first kappa shape index (κ1) is 25.7. The Kier molecular flexibility index (Phi) is 11.3. The quantitative estimate of drug-likeness (QED) is 0.305. The van der Waals surface area contributed by atoms with Gasteiger partial charge in [-0.25, -0.2) is 8.42 Å². The molecule has 1 saturated heterocycles. The van der Waals surface area contributed by atoms with Gasteiger partial charge in [-0.3, -0.25) is 4.99 Å². The van der Waals surface area contributed by atoms with Crippen molar-refractivity contribution in [3.8, 4) is 0 Å². The molecule has 156 valence electrons. The smallest absolute Gasteiger partial charge is 0.357 e. The third kappa shape index (κ3) is 7.72. The number of alkyl halides is 3. The Bertz CT molecular complexity index is 537. The standard InChI is InChI=1S/C14H28F3N5O2S.HI/c1-4-18-13(19-8-11-21(3)5-2)20-12-6-9-22(10-7-12)25(23,24)14(15,16)17;/h12H,4-11H2,1-3H3,(H2,18,19,20);1H. The summed E-state index contributed by atoms with van der Waals surface area (Å²) < 4.78 is 61.1. The van der Waals surface area contributed by atoms with Crippen LogP contribution < -0.4 is 10.6 Å². The molecule has 26 heavy (non-hydrogen) atoms. The fourth-order valence-electron chi connectivity index (χ4n) is 2.39. The van der Waals surface area contributed by atoms with E-state index in [0.717, 1.165) is 13.1 Å². The van der Waals surface area contributed by atoms with Crippen LogP contribution in [0.5, 0.6) is 0 Å². The Labute approximate surface area is 170 Å². The zero-order valence-electron chi connectivity index (χ0n) is 15.3. The minimum absolute atomic E-state index is 0. The van der Waals surface area contributed by atoms with Crippen molar-refractivity contribution in [1.29, 1.82) is 0 Å². The van der Waals surface area contributed by atoms with Gasteiger partial charge in [0.2, 0.25) is 0 Å². The predicted molar refractivity (Wildman–Crippen MR) is 107 cm³/mol. The zero-order chi connectivity index (χ0) is 19.1. The third-order valence-corrected chi connectivity index (χ3v) is 5.69. The lowest BCUT2D eigenvalue weighted by molar-refractivity contribution is -0.0494. The lowest BCUT2D eigenvalue weighted by Gasteiger charge is -2.32. The molecule has 0 spiro atoms. The van der Waals surface area contributed by atoms with Crippen molar-refractivity contribution in [2.24, 2.45) is 4.99 Å². The molecule has 12 heteroatoms. The molecule has 1 rings (SSSR count). The number of rotatable bonds is 7. The number of piperidine rings is 1. The molecule has 0 atom stereocenters. The molecule has 2 N–H and O–H groups in total. The van der Waals surface area contributed by atoms with Crippen molar-refractivity contribution in [3.63, 3.8) is 0 Å². The highest BCUT2D eigenvalue weighted by Gasteiger charge is 2.50. The lowest BCUT2D eigenvalue weighted by Crippen LogP contribution is -2.51. The van der Waals surface area contributed by atoms with E-state index in [-0.39, 0.29) is 43.1 Å². The van der Waals surface area contributed by atoms with Gasteiger partial charge in [-0.1, -0.05) is 6.92 Å². The van der Waals surface area contributed by atoms with Crippen LogP contribution in [0.3, 0.4) is 0 Å². The van der Waals surface area contributed by atoms with Gasteiger partial charge in [0.25, 0.3) is 0 Å². The molecule has 0 aromatic heterocycles. The van der Waals surface area contributed by atoms with Crippen LogP contribution in [-0.4, -0.2) is 81.4 Å². The molecule has 0 bridgehead atoms. The van der Waals surface area contributed by atoms with E-state index in [9.17, 15) is 21.6 Å². The van der Waals surface area contributed by atoms with Crippen LogP contribution in [0.1, 0.15) is 26.7 Å². The Morgan fingerprint density at radius 3 is 2.31 bits per heavy atom. The minimum atomic E-state index is -5.24. The predicted octanol–water partition coefficient (Wildman–Crippen LogP) is 1.43. The number of guanidine groups is 1. The molecule has 0 aromatic carbocycles. The molecule has 0 amide bonds. The first-order valence-corrected chi connectivity index (χ1v) is 9.85. The van der Waals surface area contributed by atoms with E-state index in [2.05, 4.69) is 27.4 Å². The Hall–Kier alpha value is -0.340. The second-order valence-corrected chi connectivity index (χ2v) is 7.85. The number of halogens is 4. The van der Waals surface area contributed by atoms with Crippen molar-refractivity contribution in [3.05, 3.63) is 0 Å². The van der Waals surface area contributed by atoms with Gasteiger partial charge >= 0.3 is 15.5 Å². The third-order valence-electron chi connectivity index (χ3n) is 4.06. The summed E-state index contributed by atoms with van der Waals surface area (Å²) in [5, 5.41) is 6.27. The van der Waals surface area contributed by atoms with Crippen LogP contribution in [-0.2, 0) is 10.0 Å². The van der Waals surface area contributed by atoms with Crippen molar-refractivity contribution in [2.45, 2.75) is 38.2 Å². The van der Waals surface area contributed by atoms with Gasteiger partial charge < -0.3 is 15.5 Å². The zero-order valence-corrected chi connectivity index (χ0v) is 18.5. The van der Waals surface area contributed by atoms with Gasteiger partial charge in [-0.15, -0.1) is 24.0 Å². The van der Waals surface area contributed by atoms with Crippen LogP contribution in [0, 0.1) is 0 Å². The molecule has 1 heterocycles. The van der Waals surface area contributed by atoms with Gasteiger partial charge in [0.1, 0.15) is 0 Å². The second-order valence-electron chi connectivity index (χ2n) is 5.92. The van der Waals surface area contributed by atoms with E-state index >= 15 is 0 Å². The molecule has 0 saturated carbocycles. The normalized spacial score (nSPS) is 17.9. The summed E-state index contributed by atoms with van der Waals surface area (Å²) in [6, 6.07) is -0.110. The Morgan fingerprint density at radius 2 is 1.85 bits per heavy atom. The van der Waals surface area contributed by atoms with E-state index in [1.807, 2.05) is 14.0 Å². The summed E-state index contributed by atoms with van der Waals surface area (Å²) in [6.07, 6.45) is 0.600. The molecule has 1 fully saturated rings. The van der Waals surface area contributed by atoms with Gasteiger partial charge in [0.15, 0.2) is 5.96 Å². The first-order chi connectivity index (χ1) is 11.6. The van der Waals surface area contributed by atoms with Crippen molar-refractivity contribution >= 4 is 40.0 Å². The highest BCUT2D eigenvalue weighted by Crippen LogP contribution is 2.28. The van der Waals surface area contributed by atoms with E-state index in [1.165, 1.54) is 0 Å². The molecule has 0 radical (unpaired) electrons. The first-order valence-electron chi connectivity index (χ1n) is 8.41. The maximum Gasteiger partial charge on any atom is 0.511 e. The lowest BCUT2D eigenvalue weighted by atomic mass is 10.1. The van der Waals surface area contributed by atoms with Crippen LogP contribution >= 0.6 is 24.0 Å². The topological polar surface area (TPSA) is 77.0 Å². The van der Waals surface area contributed by atoms with Crippen molar-refractivity contribution in [2.75, 3.05) is 46.3 Å². The molecular formula is C14H29F3IN5O2S. The van der Waals surface area contributed by atoms with Crippen LogP contribution in [0.25, 0.3) is 0 Å². The fourth-order valence-corrected chi connectivity index (χ4v) is 3.38. The highest BCUT2D eigenvalue weighted by atomic mass is 127. The summed E-state index contributed by atoms with van der Waals surface area (Å²) in [5.74, 6) is 0.601. The summed E-state index contributed by atoms with van der Waals surface area (Å²) in [5.41, 5.74) is -5.24. The average molecular weight is 515 g/mol. The van der Waals surface area contributed by atoms with Crippen LogP contribution in [0.4, 0.5) is 13.2 Å². The molecular weight excluding hydrogens is 486 g/mol. The number of nitrogens with one attached hydrogen (secondary N) is 2. The van der Waals surface area contributed by atoms with Crippen LogP contribution in [0.15, 0.2) is 4.99 Å². The maximum absolute atomic E-state index is 12.6. The summed E-state index contributed by atoms with van der Waals surface area (Å²) >= 11 is 0. The van der Waals surface area contributed by atoms with Gasteiger partial charge in [0.05, 0.1) is 6.54 Å². The van der Waals surface area contributed by atoms with E-state index < -0.39 is 15.5 Å². The Morgan fingerprint density at radius 1 is 1.27 bits per heavy atom. The van der Waals surface area contributed by atoms with Crippen LogP contribution in [0.2, 0.25) is 0 Å². The van der Waals surface area contributed by atoms with Gasteiger partial charge in [-0.05, 0) is 33.4 Å². The molecule has 7 nitrogen and oxygen atoms in total. The minimum Gasteiger partial charge on any atom is -0.357 e. The fraction of sp³-hybridized carbons (Fsp3) is 0.929. The van der Waals surface area contributed by atoms with E-state index in [4.69, 9.17) is 0 Å². The van der Waals surface area contributed by atoms with Gasteiger partial charge in [-0.2, -0.15) is 17.5 Å². The monoisotopic (exact) mass is 515 g/mol. The van der Waals surface area contributed by atoms with Crippen molar-refractivity contribution in [1.82, 2.24) is 19.8 Å². The number of sulfonamides is 1. The summed E-state index contributed by atoms with van der Waals surface area (Å²) in [7, 11) is -3.24. The summed E-state index contributed by atoms with van der Waals surface area (Å²) in [6.45, 7) is 6.65. The number of nitrogens with zero attached hydrogens (tertiary/aromatic N) is 3. The Balaban J connectivity index is 0.00000625. The number of hydrogen-bond acceptors (Lipinski definition) is 4. The maximum atomic E-state index is 12.6. The molecule has 0 aromatic rings. The number of likely N-dealkylation sites (N-methyl/N-ethyl adjacent to an activating group) is 1. The van der Waals surface area contributed by atoms with E-state index in [1.54, 1.807) is 0 Å².